The van der Waals surface area contributed by atoms with Gasteiger partial charge in [0.25, 0.3) is 0 Å². The van der Waals surface area contributed by atoms with E-state index in [0.29, 0.717) is 16.9 Å². The summed E-state index contributed by atoms with van der Waals surface area (Å²) in [4.78, 5) is 23.5. The van der Waals surface area contributed by atoms with Crippen LogP contribution in [0.5, 0.6) is 5.75 Å². The fraction of sp³-hybridized carbons (Fsp3) is 0.176. The van der Waals surface area contributed by atoms with Gasteiger partial charge in [-0.05, 0) is 48.5 Å². The van der Waals surface area contributed by atoms with Crippen molar-refractivity contribution in [2.24, 2.45) is 0 Å². The smallest absolute Gasteiger partial charge is 0.337 e. The minimum atomic E-state index is -3.29. The second kappa shape index (κ2) is 7.27. The lowest BCUT2D eigenvalue weighted by atomic mass is 10.1. The average Bonchev–Trinajstić information content (AvgIpc) is 2.58. The molecular weight excluding hydrogens is 332 g/mol. The van der Waals surface area contributed by atoms with Gasteiger partial charge < -0.3 is 9.47 Å². The maximum absolute atomic E-state index is 12.1. The molecule has 24 heavy (non-hydrogen) atoms. The van der Waals surface area contributed by atoms with Gasteiger partial charge in [-0.3, -0.25) is 4.79 Å². The molecule has 0 radical (unpaired) electrons. The third-order valence-electron chi connectivity index (χ3n) is 3.25. The maximum atomic E-state index is 12.1. The van der Waals surface area contributed by atoms with Crippen LogP contribution < -0.4 is 4.74 Å². The third kappa shape index (κ3) is 4.42. The van der Waals surface area contributed by atoms with Crippen LogP contribution in [0.15, 0.2) is 53.4 Å². The zero-order chi connectivity index (χ0) is 17.7. The lowest BCUT2D eigenvalue weighted by Gasteiger charge is -2.07. The molecule has 0 fully saturated rings. The Morgan fingerprint density at radius 2 is 1.46 bits per heavy atom. The molecule has 0 saturated carbocycles. The van der Waals surface area contributed by atoms with Gasteiger partial charge in [-0.25, -0.2) is 13.2 Å². The first kappa shape index (κ1) is 17.7. The molecule has 0 bridgehead atoms. The largest absolute Gasteiger partial charge is 0.485 e. The normalized spacial score (nSPS) is 10.9. The predicted octanol–water partition coefficient (Wildman–Crippen LogP) is 2.14. The first-order valence-electron chi connectivity index (χ1n) is 6.96. The fourth-order valence-electron chi connectivity index (χ4n) is 1.93. The van der Waals surface area contributed by atoms with Crippen molar-refractivity contribution in [2.45, 2.75) is 4.90 Å². The monoisotopic (exact) mass is 348 g/mol. The molecule has 0 heterocycles. The summed E-state index contributed by atoms with van der Waals surface area (Å²) in [6.07, 6.45) is 1.10. The molecule has 7 heteroatoms. The van der Waals surface area contributed by atoms with Crippen LogP contribution in [0.2, 0.25) is 0 Å². The average molecular weight is 348 g/mol. The van der Waals surface area contributed by atoms with E-state index in [0.717, 1.165) is 6.26 Å². The van der Waals surface area contributed by atoms with Gasteiger partial charge in [0.2, 0.25) is 0 Å². The molecule has 2 aromatic rings. The molecule has 6 nitrogen and oxygen atoms in total. The zero-order valence-electron chi connectivity index (χ0n) is 13.2. The molecule has 0 spiro atoms. The molecule has 0 aromatic heterocycles. The van der Waals surface area contributed by atoms with Crippen LogP contribution in [0.3, 0.4) is 0 Å². The first-order chi connectivity index (χ1) is 11.3. The standard InChI is InChI=1S/C17H16O6S/c1-22-17(19)13-3-7-14(8-4-13)23-11-16(18)12-5-9-15(10-6-12)24(2,20)21/h3-10H,11H2,1-2H3. The van der Waals surface area contributed by atoms with Crippen LogP contribution in [-0.4, -0.2) is 40.1 Å². The number of rotatable bonds is 6. The van der Waals surface area contributed by atoms with E-state index in [4.69, 9.17) is 4.74 Å². The highest BCUT2D eigenvalue weighted by atomic mass is 32.2. The van der Waals surface area contributed by atoms with Crippen LogP contribution in [0.1, 0.15) is 20.7 Å². The van der Waals surface area contributed by atoms with E-state index in [-0.39, 0.29) is 17.3 Å². The van der Waals surface area contributed by atoms with Gasteiger partial charge in [0, 0.05) is 11.8 Å². The van der Waals surface area contributed by atoms with Crippen LogP contribution in [0.4, 0.5) is 0 Å². The summed E-state index contributed by atoms with van der Waals surface area (Å²) in [5.74, 6) is -0.306. The zero-order valence-corrected chi connectivity index (χ0v) is 14.0. The van der Waals surface area contributed by atoms with Gasteiger partial charge in [0.05, 0.1) is 17.6 Å². The van der Waals surface area contributed by atoms with Crippen LogP contribution in [-0.2, 0) is 14.6 Å². The second-order valence-corrected chi connectivity index (χ2v) is 7.04. The van der Waals surface area contributed by atoms with Crippen molar-refractivity contribution in [3.05, 3.63) is 59.7 Å². The Labute approximate surface area is 139 Å². The predicted molar refractivity (Wildman–Crippen MR) is 87.2 cm³/mol. The van der Waals surface area contributed by atoms with Crippen molar-refractivity contribution in [1.82, 2.24) is 0 Å². The Bertz CT molecular complexity index is 836. The Morgan fingerprint density at radius 1 is 0.917 bits per heavy atom. The summed E-state index contributed by atoms with van der Waals surface area (Å²) in [6, 6.07) is 11.9. The van der Waals surface area contributed by atoms with Crippen LogP contribution >= 0.6 is 0 Å². The molecule has 0 unspecified atom stereocenters. The molecular formula is C17H16O6S. The fourth-order valence-corrected chi connectivity index (χ4v) is 2.56. The number of ketones is 1. The Kier molecular flexibility index (Phi) is 5.35. The van der Waals surface area contributed by atoms with Crippen molar-refractivity contribution in [3.63, 3.8) is 0 Å². The highest BCUT2D eigenvalue weighted by molar-refractivity contribution is 7.90. The summed E-state index contributed by atoms with van der Waals surface area (Å²) >= 11 is 0. The SMILES string of the molecule is COC(=O)c1ccc(OCC(=O)c2ccc(S(C)(=O)=O)cc2)cc1. The number of hydrogen-bond donors (Lipinski definition) is 0. The summed E-state index contributed by atoms with van der Waals surface area (Å²) in [5.41, 5.74) is 0.737. The van der Waals surface area contributed by atoms with E-state index in [1.807, 2.05) is 0 Å². The Balaban J connectivity index is 1.99. The highest BCUT2D eigenvalue weighted by Crippen LogP contribution is 2.14. The molecule has 0 aliphatic rings. The maximum Gasteiger partial charge on any atom is 0.337 e. The summed E-state index contributed by atoms with van der Waals surface area (Å²) in [5, 5.41) is 0. The Hall–Kier alpha value is -2.67. The summed E-state index contributed by atoms with van der Waals surface area (Å²) in [7, 11) is -2.00. The number of ether oxygens (including phenoxy) is 2. The minimum Gasteiger partial charge on any atom is -0.485 e. The number of carbonyl (C=O) groups is 2. The molecule has 2 aromatic carbocycles. The first-order valence-corrected chi connectivity index (χ1v) is 8.85. The topological polar surface area (TPSA) is 86.7 Å². The number of esters is 1. The Morgan fingerprint density at radius 3 is 1.96 bits per heavy atom. The van der Waals surface area contributed by atoms with Gasteiger partial charge in [0.15, 0.2) is 22.2 Å². The van der Waals surface area contributed by atoms with Crippen molar-refractivity contribution in [3.8, 4) is 5.75 Å². The molecule has 126 valence electrons. The highest BCUT2D eigenvalue weighted by Gasteiger charge is 2.11. The summed E-state index contributed by atoms with van der Waals surface area (Å²) < 4.78 is 32.7. The van der Waals surface area contributed by atoms with E-state index < -0.39 is 15.8 Å². The van der Waals surface area contributed by atoms with Gasteiger partial charge in [-0.2, -0.15) is 0 Å². The number of carbonyl (C=O) groups excluding carboxylic acids is 2. The van der Waals surface area contributed by atoms with Crippen molar-refractivity contribution in [2.75, 3.05) is 20.0 Å². The third-order valence-corrected chi connectivity index (χ3v) is 4.38. The summed E-state index contributed by atoms with van der Waals surface area (Å²) in [6.45, 7) is -0.199. The van der Waals surface area contributed by atoms with Crippen molar-refractivity contribution >= 4 is 21.6 Å². The van der Waals surface area contributed by atoms with Crippen molar-refractivity contribution in [1.29, 1.82) is 0 Å². The van der Waals surface area contributed by atoms with E-state index in [1.54, 1.807) is 12.1 Å². The number of Topliss-reactive ketones (excluding diaryl/α,β-unsaturated/α-hetero) is 1. The van der Waals surface area contributed by atoms with Gasteiger partial charge in [-0.1, -0.05) is 0 Å². The van der Waals surface area contributed by atoms with Gasteiger partial charge >= 0.3 is 5.97 Å². The van der Waals surface area contributed by atoms with Crippen molar-refractivity contribution < 1.29 is 27.5 Å². The number of methoxy groups -OCH3 is 1. The van der Waals surface area contributed by atoms with E-state index in [1.165, 1.54) is 43.5 Å². The quantitative estimate of drug-likeness (QED) is 0.587. The molecule has 0 N–H and O–H groups in total. The molecule has 0 aliphatic heterocycles. The van der Waals surface area contributed by atoms with E-state index >= 15 is 0 Å². The molecule has 0 aliphatic carbocycles. The van der Waals surface area contributed by atoms with Crippen LogP contribution in [0, 0.1) is 0 Å². The molecule has 2 rings (SSSR count). The molecule has 0 amide bonds. The lowest BCUT2D eigenvalue weighted by molar-refractivity contribution is 0.0600. The van der Waals surface area contributed by atoms with Gasteiger partial charge in [0.1, 0.15) is 5.75 Å². The van der Waals surface area contributed by atoms with Crippen LogP contribution in [0.25, 0.3) is 0 Å². The minimum absolute atomic E-state index is 0.151. The van der Waals surface area contributed by atoms with Gasteiger partial charge in [-0.15, -0.1) is 0 Å². The van der Waals surface area contributed by atoms with E-state index in [9.17, 15) is 18.0 Å². The second-order valence-electron chi connectivity index (χ2n) is 5.02. The lowest BCUT2D eigenvalue weighted by Crippen LogP contribution is -2.12. The number of benzene rings is 2. The molecule has 0 atom stereocenters. The van der Waals surface area contributed by atoms with E-state index in [2.05, 4.69) is 4.74 Å². The molecule has 0 saturated heterocycles. The number of hydrogen-bond acceptors (Lipinski definition) is 6. The number of sulfone groups is 1.